The SMILES string of the molecule is O=C(CC1C(=O)NCCN1C(=O)c1ccc(OCCc2ccccc2)cc1)OCCOc1ccccc1. The van der Waals surface area contributed by atoms with E-state index in [4.69, 9.17) is 14.2 Å². The number of nitrogens with zero attached hydrogens (tertiary/aromatic N) is 1. The molecule has 0 bridgehead atoms. The van der Waals surface area contributed by atoms with Crippen molar-refractivity contribution in [1.29, 1.82) is 0 Å². The van der Waals surface area contributed by atoms with Gasteiger partial charge in [-0.05, 0) is 42.0 Å². The molecule has 1 aliphatic heterocycles. The Hall–Kier alpha value is -4.33. The lowest BCUT2D eigenvalue weighted by atomic mass is 10.1. The fraction of sp³-hybridized carbons (Fsp3) is 0.276. The van der Waals surface area contributed by atoms with E-state index in [-0.39, 0.29) is 31.4 Å². The number of nitrogens with one attached hydrogen (secondary N) is 1. The van der Waals surface area contributed by atoms with Gasteiger partial charge in [0.15, 0.2) is 0 Å². The molecule has 3 aromatic carbocycles. The van der Waals surface area contributed by atoms with Crippen LogP contribution in [0.15, 0.2) is 84.9 Å². The van der Waals surface area contributed by atoms with Crippen LogP contribution in [-0.4, -0.2) is 61.6 Å². The van der Waals surface area contributed by atoms with E-state index in [1.807, 2.05) is 48.5 Å². The number of hydrogen-bond acceptors (Lipinski definition) is 6. The van der Waals surface area contributed by atoms with E-state index in [1.165, 1.54) is 10.5 Å². The molecule has 1 atom stereocenters. The van der Waals surface area contributed by atoms with Gasteiger partial charge in [-0.2, -0.15) is 0 Å². The van der Waals surface area contributed by atoms with Crippen molar-refractivity contribution in [3.63, 3.8) is 0 Å². The summed E-state index contributed by atoms with van der Waals surface area (Å²) >= 11 is 0. The molecule has 1 fully saturated rings. The van der Waals surface area contributed by atoms with E-state index >= 15 is 0 Å². The number of amides is 2. The Morgan fingerprint density at radius 2 is 1.46 bits per heavy atom. The van der Waals surface area contributed by atoms with Crippen LogP contribution >= 0.6 is 0 Å². The highest BCUT2D eigenvalue weighted by molar-refractivity contribution is 5.99. The fourth-order valence-corrected chi connectivity index (χ4v) is 4.00. The van der Waals surface area contributed by atoms with Crippen molar-refractivity contribution in [3.05, 3.63) is 96.1 Å². The number of piperazine rings is 1. The summed E-state index contributed by atoms with van der Waals surface area (Å²) < 4.78 is 16.5. The van der Waals surface area contributed by atoms with Gasteiger partial charge in [-0.15, -0.1) is 0 Å². The van der Waals surface area contributed by atoms with E-state index in [2.05, 4.69) is 5.32 Å². The van der Waals surface area contributed by atoms with Crippen molar-refractivity contribution in [2.24, 2.45) is 0 Å². The van der Waals surface area contributed by atoms with Gasteiger partial charge in [0.05, 0.1) is 13.0 Å². The van der Waals surface area contributed by atoms with Gasteiger partial charge in [-0.3, -0.25) is 14.4 Å². The molecule has 0 spiro atoms. The van der Waals surface area contributed by atoms with Crippen molar-refractivity contribution in [2.45, 2.75) is 18.9 Å². The molecule has 3 aromatic rings. The van der Waals surface area contributed by atoms with E-state index < -0.39 is 12.0 Å². The molecule has 0 aliphatic carbocycles. The minimum absolute atomic E-state index is 0.0434. The highest BCUT2D eigenvalue weighted by Crippen LogP contribution is 2.18. The maximum Gasteiger partial charge on any atom is 0.308 e. The van der Waals surface area contributed by atoms with Crippen LogP contribution in [0.25, 0.3) is 0 Å². The highest BCUT2D eigenvalue weighted by atomic mass is 16.6. The van der Waals surface area contributed by atoms with Crippen LogP contribution in [-0.2, 0) is 20.7 Å². The molecule has 1 aliphatic rings. The molecule has 192 valence electrons. The Balaban J connectivity index is 1.27. The summed E-state index contributed by atoms with van der Waals surface area (Å²) in [5.41, 5.74) is 1.60. The number of esters is 1. The Morgan fingerprint density at radius 1 is 0.811 bits per heavy atom. The van der Waals surface area contributed by atoms with Crippen LogP contribution in [0.5, 0.6) is 11.5 Å². The summed E-state index contributed by atoms with van der Waals surface area (Å²) in [5.74, 6) is 0.0591. The lowest BCUT2D eigenvalue weighted by molar-refractivity contribution is -0.148. The van der Waals surface area contributed by atoms with Gasteiger partial charge in [0.1, 0.15) is 30.8 Å². The smallest absolute Gasteiger partial charge is 0.308 e. The number of ether oxygens (including phenoxy) is 3. The molecule has 0 saturated carbocycles. The average molecular weight is 503 g/mol. The third-order valence-corrected chi connectivity index (χ3v) is 5.91. The van der Waals surface area contributed by atoms with E-state index in [0.29, 0.717) is 36.8 Å². The molecule has 1 unspecified atom stereocenters. The van der Waals surface area contributed by atoms with Gasteiger partial charge in [-0.1, -0.05) is 48.5 Å². The van der Waals surface area contributed by atoms with Gasteiger partial charge < -0.3 is 24.4 Å². The quantitative estimate of drug-likeness (QED) is 0.320. The number of benzene rings is 3. The molecule has 4 rings (SSSR count). The van der Waals surface area contributed by atoms with Crippen LogP contribution in [0.2, 0.25) is 0 Å². The summed E-state index contributed by atoms with van der Waals surface area (Å²) in [6.07, 6.45) is 0.546. The first-order valence-electron chi connectivity index (χ1n) is 12.3. The summed E-state index contributed by atoms with van der Waals surface area (Å²) in [4.78, 5) is 39.6. The van der Waals surface area contributed by atoms with Crippen molar-refractivity contribution in [2.75, 3.05) is 32.9 Å². The Morgan fingerprint density at radius 3 is 2.19 bits per heavy atom. The minimum Gasteiger partial charge on any atom is -0.493 e. The normalized spacial score (nSPS) is 15.0. The van der Waals surface area contributed by atoms with Gasteiger partial charge in [0.2, 0.25) is 5.91 Å². The summed E-state index contributed by atoms with van der Waals surface area (Å²) in [6.45, 7) is 1.37. The zero-order valence-electron chi connectivity index (χ0n) is 20.5. The van der Waals surface area contributed by atoms with Crippen LogP contribution < -0.4 is 14.8 Å². The first kappa shape index (κ1) is 25.8. The molecule has 0 radical (unpaired) electrons. The van der Waals surface area contributed by atoms with Crippen molar-refractivity contribution < 1.29 is 28.6 Å². The zero-order valence-corrected chi connectivity index (χ0v) is 20.5. The first-order chi connectivity index (χ1) is 18.1. The molecule has 2 amide bonds. The Bertz CT molecular complexity index is 1170. The number of para-hydroxylation sites is 1. The Kier molecular flexibility index (Phi) is 9.12. The van der Waals surface area contributed by atoms with Gasteiger partial charge in [0.25, 0.3) is 5.91 Å². The van der Waals surface area contributed by atoms with Crippen LogP contribution in [0.3, 0.4) is 0 Å². The molecular weight excluding hydrogens is 472 g/mol. The number of carbonyl (C=O) groups excluding carboxylic acids is 3. The summed E-state index contributed by atoms with van der Waals surface area (Å²) in [7, 11) is 0. The molecule has 1 saturated heterocycles. The monoisotopic (exact) mass is 502 g/mol. The number of carbonyl (C=O) groups is 3. The van der Waals surface area contributed by atoms with Crippen molar-refractivity contribution in [1.82, 2.24) is 10.2 Å². The van der Waals surface area contributed by atoms with Gasteiger partial charge in [-0.25, -0.2) is 0 Å². The lowest BCUT2D eigenvalue weighted by Gasteiger charge is -2.34. The molecule has 37 heavy (non-hydrogen) atoms. The molecule has 1 N–H and O–H groups in total. The molecule has 1 heterocycles. The lowest BCUT2D eigenvalue weighted by Crippen LogP contribution is -2.57. The third kappa shape index (κ3) is 7.57. The standard InChI is InChI=1S/C29H30N2O6/c32-27(37-20-19-36-24-9-5-2-6-10-24)21-26-28(33)30-16-17-31(26)29(34)23-11-13-25(14-12-23)35-18-15-22-7-3-1-4-8-22/h1-14,26H,15-21H2,(H,30,33). The fourth-order valence-electron chi connectivity index (χ4n) is 4.00. The molecule has 8 heteroatoms. The second-order valence-corrected chi connectivity index (χ2v) is 8.50. The predicted molar refractivity (Wildman–Crippen MR) is 137 cm³/mol. The van der Waals surface area contributed by atoms with Crippen LogP contribution in [0.1, 0.15) is 22.3 Å². The topological polar surface area (TPSA) is 94.2 Å². The first-order valence-corrected chi connectivity index (χ1v) is 12.3. The second kappa shape index (κ2) is 13.1. The predicted octanol–water partition coefficient (Wildman–Crippen LogP) is 3.26. The number of hydrogen-bond donors (Lipinski definition) is 1. The maximum absolute atomic E-state index is 13.2. The van der Waals surface area contributed by atoms with Crippen molar-refractivity contribution in [3.8, 4) is 11.5 Å². The Labute approximate surface area is 216 Å². The van der Waals surface area contributed by atoms with Gasteiger partial charge in [0, 0.05) is 25.1 Å². The van der Waals surface area contributed by atoms with E-state index in [1.54, 1.807) is 36.4 Å². The maximum atomic E-state index is 13.2. The van der Waals surface area contributed by atoms with E-state index in [0.717, 1.165) is 6.42 Å². The number of rotatable bonds is 11. The zero-order chi connectivity index (χ0) is 25.9. The van der Waals surface area contributed by atoms with Gasteiger partial charge >= 0.3 is 5.97 Å². The second-order valence-electron chi connectivity index (χ2n) is 8.50. The highest BCUT2D eigenvalue weighted by Gasteiger charge is 2.35. The average Bonchev–Trinajstić information content (AvgIpc) is 2.93. The molecular formula is C29H30N2O6. The summed E-state index contributed by atoms with van der Waals surface area (Å²) in [5, 5.41) is 2.72. The third-order valence-electron chi connectivity index (χ3n) is 5.91. The minimum atomic E-state index is -0.939. The van der Waals surface area contributed by atoms with Crippen LogP contribution in [0.4, 0.5) is 0 Å². The molecule has 8 nitrogen and oxygen atoms in total. The summed E-state index contributed by atoms with van der Waals surface area (Å²) in [6, 6.07) is 25.1. The largest absolute Gasteiger partial charge is 0.493 e. The van der Waals surface area contributed by atoms with E-state index in [9.17, 15) is 14.4 Å². The van der Waals surface area contributed by atoms with Crippen molar-refractivity contribution >= 4 is 17.8 Å². The molecule has 0 aromatic heterocycles. The van der Waals surface area contributed by atoms with Crippen LogP contribution in [0, 0.1) is 0 Å².